The van der Waals surface area contributed by atoms with Gasteiger partial charge in [-0.1, -0.05) is 30.3 Å². The molecule has 1 fully saturated rings. The maximum absolute atomic E-state index is 12.6. The molecule has 0 N–H and O–H groups in total. The van der Waals surface area contributed by atoms with Crippen LogP contribution in [0.1, 0.15) is 17.5 Å². The van der Waals surface area contributed by atoms with Crippen molar-refractivity contribution in [3.05, 3.63) is 65.7 Å². The highest BCUT2D eigenvalue weighted by Crippen LogP contribution is 2.30. The largest absolute Gasteiger partial charge is 0.491 e. The summed E-state index contributed by atoms with van der Waals surface area (Å²) in [5.41, 5.74) is 0.571. The van der Waals surface area contributed by atoms with E-state index in [4.69, 9.17) is 9.47 Å². The van der Waals surface area contributed by atoms with Crippen LogP contribution >= 0.6 is 0 Å². The Morgan fingerprint density at radius 1 is 1.04 bits per heavy atom. The topological polar surface area (TPSA) is 21.7 Å². The van der Waals surface area contributed by atoms with E-state index in [1.54, 1.807) is 0 Å². The first-order valence-electron chi connectivity index (χ1n) is 8.68. The summed E-state index contributed by atoms with van der Waals surface area (Å²) in [6.45, 7) is 3.51. The number of hydrogen-bond donors (Lipinski definition) is 0. The SMILES string of the molecule is FC(F)(F)c1ccc(OCC2CN(Cc3ccccc3)CCCO2)cc1. The number of halogens is 3. The molecule has 3 rings (SSSR count). The number of benzene rings is 2. The highest BCUT2D eigenvalue weighted by molar-refractivity contribution is 5.28. The number of nitrogens with zero attached hydrogens (tertiary/aromatic N) is 1. The third-order valence-corrected chi connectivity index (χ3v) is 4.30. The molecule has 0 aromatic heterocycles. The second-order valence-corrected chi connectivity index (χ2v) is 6.40. The predicted octanol–water partition coefficient (Wildman–Crippen LogP) is 4.38. The number of alkyl halides is 3. The van der Waals surface area contributed by atoms with E-state index in [9.17, 15) is 13.2 Å². The zero-order valence-electron chi connectivity index (χ0n) is 14.4. The summed E-state index contributed by atoms with van der Waals surface area (Å²) >= 11 is 0. The highest BCUT2D eigenvalue weighted by atomic mass is 19.4. The van der Waals surface area contributed by atoms with Gasteiger partial charge in [-0.15, -0.1) is 0 Å². The van der Waals surface area contributed by atoms with Gasteiger partial charge in [-0.2, -0.15) is 13.2 Å². The lowest BCUT2D eigenvalue weighted by molar-refractivity contribution is -0.137. The summed E-state index contributed by atoms with van der Waals surface area (Å²) in [5.74, 6) is 0.417. The third-order valence-electron chi connectivity index (χ3n) is 4.30. The monoisotopic (exact) mass is 365 g/mol. The maximum Gasteiger partial charge on any atom is 0.416 e. The summed E-state index contributed by atoms with van der Waals surface area (Å²) in [4.78, 5) is 2.32. The van der Waals surface area contributed by atoms with Gasteiger partial charge in [-0.25, -0.2) is 0 Å². The number of rotatable bonds is 5. The Bertz CT molecular complexity index is 674. The van der Waals surface area contributed by atoms with Crippen molar-refractivity contribution in [3.63, 3.8) is 0 Å². The molecule has 2 aromatic carbocycles. The fourth-order valence-electron chi connectivity index (χ4n) is 2.99. The average molecular weight is 365 g/mol. The van der Waals surface area contributed by atoms with Gasteiger partial charge >= 0.3 is 6.18 Å². The first-order valence-corrected chi connectivity index (χ1v) is 8.68. The molecule has 1 heterocycles. The Balaban J connectivity index is 1.53. The van der Waals surface area contributed by atoms with Crippen LogP contribution in [0.25, 0.3) is 0 Å². The van der Waals surface area contributed by atoms with E-state index in [-0.39, 0.29) is 6.10 Å². The zero-order chi connectivity index (χ0) is 18.4. The first kappa shape index (κ1) is 18.7. The highest BCUT2D eigenvalue weighted by Gasteiger charge is 2.30. The fraction of sp³-hybridized carbons (Fsp3) is 0.400. The van der Waals surface area contributed by atoms with Gasteiger partial charge in [-0.3, -0.25) is 4.90 Å². The minimum absolute atomic E-state index is 0.108. The third kappa shape index (κ3) is 5.47. The minimum atomic E-state index is -4.33. The predicted molar refractivity (Wildman–Crippen MR) is 93.0 cm³/mol. The molecule has 0 radical (unpaired) electrons. The normalized spacial score (nSPS) is 19.1. The van der Waals surface area contributed by atoms with Crippen LogP contribution in [0.15, 0.2) is 54.6 Å². The van der Waals surface area contributed by atoms with Crippen LogP contribution in [0.5, 0.6) is 5.75 Å². The van der Waals surface area contributed by atoms with Crippen LogP contribution in [-0.4, -0.2) is 37.3 Å². The maximum atomic E-state index is 12.6. The van der Waals surface area contributed by atoms with Gasteiger partial charge in [0.2, 0.25) is 0 Å². The molecule has 0 aliphatic carbocycles. The molecule has 140 valence electrons. The van der Waals surface area contributed by atoms with Gasteiger partial charge in [0.1, 0.15) is 18.5 Å². The Labute approximate surface area is 151 Å². The van der Waals surface area contributed by atoms with Crippen LogP contribution in [-0.2, 0) is 17.5 Å². The van der Waals surface area contributed by atoms with Gasteiger partial charge in [0, 0.05) is 26.2 Å². The number of hydrogen-bond acceptors (Lipinski definition) is 3. The van der Waals surface area contributed by atoms with E-state index in [0.717, 1.165) is 38.2 Å². The van der Waals surface area contributed by atoms with Crippen molar-refractivity contribution in [2.24, 2.45) is 0 Å². The Hall–Kier alpha value is -2.05. The lowest BCUT2D eigenvalue weighted by Gasteiger charge is -2.24. The van der Waals surface area contributed by atoms with E-state index < -0.39 is 11.7 Å². The Morgan fingerprint density at radius 3 is 2.46 bits per heavy atom. The molecule has 6 heteroatoms. The fourth-order valence-corrected chi connectivity index (χ4v) is 2.99. The van der Waals surface area contributed by atoms with Gasteiger partial charge in [0.25, 0.3) is 0 Å². The van der Waals surface area contributed by atoms with Crippen molar-refractivity contribution in [2.45, 2.75) is 25.2 Å². The number of ether oxygens (including phenoxy) is 2. The van der Waals surface area contributed by atoms with E-state index in [1.165, 1.54) is 17.7 Å². The Kier molecular flexibility index (Phi) is 6.16. The molecule has 1 saturated heterocycles. The van der Waals surface area contributed by atoms with Crippen LogP contribution in [0.4, 0.5) is 13.2 Å². The molecule has 2 aromatic rings. The van der Waals surface area contributed by atoms with Crippen molar-refractivity contribution in [2.75, 3.05) is 26.3 Å². The quantitative estimate of drug-likeness (QED) is 0.785. The average Bonchev–Trinajstić information content (AvgIpc) is 2.85. The van der Waals surface area contributed by atoms with Gasteiger partial charge in [-0.05, 0) is 36.2 Å². The van der Waals surface area contributed by atoms with Crippen LogP contribution in [0, 0.1) is 0 Å². The summed E-state index contributed by atoms with van der Waals surface area (Å²) < 4.78 is 49.3. The van der Waals surface area contributed by atoms with E-state index in [0.29, 0.717) is 19.0 Å². The second kappa shape index (κ2) is 8.56. The lowest BCUT2D eigenvalue weighted by atomic mass is 10.2. The van der Waals surface area contributed by atoms with Gasteiger partial charge < -0.3 is 9.47 Å². The standard InChI is InChI=1S/C20H22F3NO2/c21-20(22,23)17-7-9-18(10-8-17)26-15-19-14-24(11-4-12-25-19)13-16-5-2-1-3-6-16/h1-3,5-10,19H,4,11-15H2. The molecule has 0 amide bonds. The van der Waals surface area contributed by atoms with Crippen molar-refractivity contribution in [1.82, 2.24) is 4.90 Å². The molecule has 0 spiro atoms. The molecule has 0 saturated carbocycles. The molecular formula is C20H22F3NO2. The van der Waals surface area contributed by atoms with Crippen molar-refractivity contribution in [3.8, 4) is 5.75 Å². The van der Waals surface area contributed by atoms with Crippen LogP contribution in [0.3, 0.4) is 0 Å². The van der Waals surface area contributed by atoms with Crippen LogP contribution < -0.4 is 4.74 Å². The smallest absolute Gasteiger partial charge is 0.416 e. The zero-order valence-corrected chi connectivity index (χ0v) is 14.4. The summed E-state index contributed by atoms with van der Waals surface area (Å²) in [7, 11) is 0. The lowest BCUT2D eigenvalue weighted by Crippen LogP contribution is -2.34. The molecule has 1 aliphatic rings. The molecule has 0 bridgehead atoms. The molecule has 1 unspecified atom stereocenters. The summed E-state index contributed by atoms with van der Waals surface area (Å²) in [6, 6.07) is 15.0. The molecule has 1 atom stereocenters. The summed E-state index contributed by atoms with van der Waals surface area (Å²) in [5, 5.41) is 0. The Morgan fingerprint density at radius 2 is 1.77 bits per heavy atom. The second-order valence-electron chi connectivity index (χ2n) is 6.40. The van der Waals surface area contributed by atoms with E-state index in [2.05, 4.69) is 17.0 Å². The molecule has 26 heavy (non-hydrogen) atoms. The minimum Gasteiger partial charge on any atom is -0.491 e. The van der Waals surface area contributed by atoms with Crippen molar-refractivity contribution in [1.29, 1.82) is 0 Å². The van der Waals surface area contributed by atoms with Gasteiger partial charge in [0.05, 0.1) is 5.56 Å². The molecular weight excluding hydrogens is 343 g/mol. The summed E-state index contributed by atoms with van der Waals surface area (Å²) in [6.07, 6.45) is -3.49. The van der Waals surface area contributed by atoms with Crippen molar-refractivity contribution >= 4 is 0 Å². The molecule has 1 aliphatic heterocycles. The molecule has 3 nitrogen and oxygen atoms in total. The van der Waals surface area contributed by atoms with Crippen LogP contribution in [0.2, 0.25) is 0 Å². The van der Waals surface area contributed by atoms with Gasteiger partial charge in [0.15, 0.2) is 0 Å². The van der Waals surface area contributed by atoms with E-state index in [1.807, 2.05) is 18.2 Å². The van der Waals surface area contributed by atoms with E-state index >= 15 is 0 Å². The first-order chi connectivity index (χ1) is 12.5. The van der Waals surface area contributed by atoms with Crippen molar-refractivity contribution < 1.29 is 22.6 Å².